The number of hydrogen-bond acceptors (Lipinski definition) is 5. The quantitative estimate of drug-likeness (QED) is 0.532. The first-order valence-corrected chi connectivity index (χ1v) is 13.1. The Kier molecular flexibility index (Phi) is 7.73. The fourth-order valence-electron chi connectivity index (χ4n) is 5.59. The van der Waals surface area contributed by atoms with Crippen LogP contribution in [0.25, 0.3) is 0 Å². The van der Waals surface area contributed by atoms with Crippen LogP contribution in [0.3, 0.4) is 0 Å². The third-order valence-electron chi connectivity index (χ3n) is 7.68. The molecule has 3 amide bonds. The average Bonchev–Trinajstić information content (AvgIpc) is 3.18. The van der Waals surface area contributed by atoms with Gasteiger partial charge in [-0.2, -0.15) is 0 Å². The number of anilines is 1. The third kappa shape index (κ3) is 5.89. The largest absolute Gasteiger partial charge is 0.379 e. The lowest BCUT2D eigenvalue weighted by atomic mass is 9.80. The van der Waals surface area contributed by atoms with Crippen LogP contribution in [0, 0.1) is 5.41 Å². The van der Waals surface area contributed by atoms with Gasteiger partial charge in [0.2, 0.25) is 16.8 Å². The maximum absolute atomic E-state index is 13.4. The minimum absolute atomic E-state index is 0.0352. The number of nitrogens with zero attached hydrogens (tertiary/aromatic N) is 1. The summed E-state index contributed by atoms with van der Waals surface area (Å²) in [4.78, 5) is 53.0. The summed E-state index contributed by atoms with van der Waals surface area (Å²) in [5, 5.41) is 9.38. The normalized spacial score (nSPS) is 21.6. The van der Waals surface area contributed by atoms with Crippen molar-refractivity contribution in [3.63, 3.8) is 0 Å². The van der Waals surface area contributed by atoms with Crippen molar-refractivity contribution in [3.8, 4) is 0 Å². The van der Waals surface area contributed by atoms with Gasteiger partial charge in [-0.1, -0.05) is 60.8 Å². The van der Waals surface area contributed by atoms with E-state index in [4.69, 9.17) is 0 Å². The van der Waals surface area contributed by atoms with Gasteiger partial charge in [0.15, 0.2) is 0 Å². The number of carbonyl (C=O) groups is 2. The first-order valence-electron chi connectivity index (χ1n) is 13.1. The summed E-state index contributed by atoms with van der Waals surface area (Å²) in [6.45, 7) is 14.8. The molecule has 2 unspecified atom stereocenters. The molecule has 0 radical (unpaired) electrons. The SMILES string of the molecule is CC1CCCN1C(=O)C(NC(=O)NC1(CNc2c(C(C)(C)C)c(=O)c2=O)CCCCC1)C(C)(C)C. The molecule has 0 spiro atoms. The highest BCUT2D eigenvalue weighted by Crippen LogP contribution is 2.31. The van der Waals surface area contributed by atoms with Gasteiger partial charge in [-0.3, -0.25) is 14.4 Å². The van der Waals surface area contributed by atoms with E-state index in [1.807, 2.05) is 46.4 Å². The highest BCUT2D eigenvalue weighted by molar-refractivity contribution is 5.88. The predicted molar refractivity (Wildman–Crippen MR) is 140 cm³/mol. The van der Waals surface area contributed by atoms with Crippen molar-refractivity contribution in [2.75, 3.05) is 18.4 Å². The molecular formula is C27H44N4O4. The number of hydrogen-bond donors (Lipinski definition) is 3. The van der Waals surface area contributed by atoms with Crippen LogP contribution in [0.1, 0.15) is 99.0 Å². The van der Waals surface area contributed by atoms with Gasteiger partial charge in [0.25, 0.3) is 0 Å². The zero-order chi connectivity index (χ0) is 26.2. The summed E-state index contributed by atoms with van der Waals surface area (Å²) < 4.78 is 0. The van der Waals surface area contributed by atoms with Gasteiger partial charge in [0.1, 0.15) is 6.04 Å². The first-order chi connectivity index (χ1) is 16.2. The van der Waals surface area contributed by atoms with Crippen molar-refractivity contribution in [1.82, 2.24) is 15.5 Å². The standard InChI is InChI=1S/C27H44N4O4/c1-17-12-11-15-31(17)23(34)22(26(5,6)7)29-24(35)30-27(13-9-8-10-14-27)16-28-19-18(25(2,3)4)20(32)21(19)33/h17,22,28H,8-16H2,1-7H3,(H2,29,30,35). The summed E-state index contributed by atoms with van der Waals surface area (Å²) in [5.41, 5.74) is -1.43. The van der Waals surface area contributed by atoms with E-state index in [1.54, 1.807) is 0 Å². The van der Waals surface area contributed by atoms with Crippen LogP contribution in [-0.2, 0) is 10.2 Å². The molecule has 3 rings (SSSR count). The fourth-order valence-corrected chi connectivity index (χ4v) is 5.59. The molecule has 2 aliphatic rings. The Morgan fingerprint density at radius 2 is 1.63 bits per heavy atom. The molecule has 2 atom stereocenters. The van der Waals surface area contributed by atoms with Gasteiger partial charge < -0.3 is 20.9 Å². The molecule has 8 nitrogen and oxygen atoms in total. The smallest absolute Gasteiger partial charge is 0.315 e. The van der Waals surface area contributed by atoms with E-state index in [2.05, 4.69) is 22.9 Å². The number of likely N-dealkylation sites (tertiary alicyclic amines) is 1. The van der Waals surface area contributed by atoms with Crippen LogP contribution >= 0.6 is 0 Å². The minimum Gasteiger partial charge on any atom is -0.379 e. The monoisotopic (exact) mass is 488 g/mol. The number of urea groups is 1. The molecule has 0 aromatic heterocycles. The van der Waals surface area contributed by atoms with E-state index in [9.17, 15) is 19.2 Å². The molecule has 1 aromatic rings. The van der Waals surface area contributed by atoms with Gasteiger partial charge in [-0.15, -0.1) is 0 Å². The summed E-state index contributed by atoms with van der Waals surface area (Å²) in [5.74, 6) is -0.0352. The van der Waals surface area contributed by atoms with Crippen molar-refractivity contribution in [2.45, 2.75) is 116 Å². The lowest BCUT2D eigenvalue weighted by molar-refractivity contribution is -0.136. The Morgan fingerprint density at radius 3 is 2.14 bits per heavy atom. The molecule has 3 N–H and O–H groups in total. The molecular weight excluding hydrogens is 444 g/mol. The van der Waals surface area contributed by atoms with Crippen LogP contribution in [0.15, 0.2) is 9.59 Å². The lowest BCUT2D eigenvalue weighted by Gasteiger charge is -2.40. The van der Waals surface area contributed by atoms with E-state index >= 15 is 0 Å². The molecule has 1 saturated carbocycles. The van der Waals surface area contributed by atoms with Gasteiger partial charge in [0, 0.05) is 24.7 Å². The van der Waals surface area contributed by atoms with Crippen molar-refractivity contribution in [3.05, 3.63) is 26.0 Å². The Labute approximate surface area is 209 Å². The van der Waals surface area contributed by atoms with Crippen molar-refractivity contribution in [1.29, 1.82) is 0 Å². The second-order valence-corrected chi connectivity index (χ2v) is 12.8. The lowest BCUT2D eigenvalue weighted by Crippen LogP contribution is -2.62. The number of rotatable bonds is 6. The zero-order valence-corrected chi connectivity index (χ0v) is 22.6. The van der Waals surface area contributed by atoms with Crippen molar-refractivity contribution >= 4 is 17.6 Å². The van der Waals surface area contributed by atoms with Crippen molar-refractivity contribution in [2.24, 2.45) is 5.41 Å². The molecule has 1 aliphatic heterocycles. The molecule has 8 heteroatoms. The third-order valence-corrected chi connectivity index (χ3v) is 7.68. The summed E-state index contributed by atoms with van der Waals surface area (Å²) in [6, 6.07) is -0.827. The fraction of sp³-hybridized carbons (Fsp3) is 0.778. The zero-order valence-electron chi connectivity index (χ0n) is 22.6. The van der Waals surface area contributed by atoms with Gasteiger partial charge in [-0.05, 0) is 43.4 Å². The Hall–Kier alpha value is -2.38. The van der Waals surface area contributed by atoms with Gasteiger partial charge >= 0.3 is 6.03 Å². The minimum atomic E-state index is -0.641. The van der Waals surface area contributed by atoms with Crippen LogP contribution in [0.2, 0.25) is 0 Å². The van der Waals surface area contributed by atoms with Gasteiger partial charge in [-0.25, -0.2) is 4.79 Å². The molecule has 1 aliphatic carbocycles. The van der Waals surface area contributed by atoms with Gasteiger partial charge in [0.05, 0.1) is 11.2 Å². The number of nitrogens with one attached hydrogen (secondary N) is 3. The van der Waals surface area contributed by atoms with E-state index < -0.39 is 33.3 Å². The topological polar surface area (TPSA) is 108 Å². The number of carbonyl (C=O) groups excluding carboxylic acids is 2. The highest BCUT2D eigenvalue weighted by Gasteiger charge is 2.41. The maximum Gasteiger partial charge on any atom is 0.315 e. The van der Waals surface area contributed by atoms with Crippen LogP contribution in [-0.4, -0.2) is 47.6 Å². The average molecular weight is 489 g/mol. The molecule has 196 valence electrons. The molecule has 1 heterocycles. The summed E-state index contributed by atoms with van der Waals surface area (Å²) in [6.07, 6.45) is 6.53. The second-order valence-electron chi connectivity index (χ2n) is 12.8. The van der Waals surface area contributed by atoms with Crippen LogP contribution in [0.4, 0.5) is 10.5 Å². The van der Waals surface area contributed by atoms with Crippen LogP contribution < -0.4 is 26.8 Å². The van der Waals surface area contributed by atoms with Crippen LogP contribution in [0.5, 0.6) is 0 Å². The van der Waals surface area contributed by atoms with Crippen molar-refractivity contribution < 1.29 is 9.59 Å². The number of amides is 3. The molecule has 1 saturated heterocycles. The Balaban J connectivity index is 1.75. The Morgan fingerprint density at radius 1 is 1.00 bits per heavy atom. The second kappa shape index (κ2) is 9.94. The summed E-state index contributed by atoms with van der Waals surface area (Å²) >= 11 is 0. The molecule has 2 fully saturated rings. The first kappa shape index (κ1) is 27.2. The molecule has 1 aromatic carbocycles. The van der Waals surface area contributed by atoms with E-state index in [1.165, 1.54) is 0 Å². The van der Waals surface area contributed by atoms with E-state index in [0.717, 1.165) is 51.5 Å². The summed E-state index contributed by atoms with van der Waals surface area (Å²) in [7, 11) is 0. The highest BCUT2D eigenvalue weighted by atomic mass is 16.2. The van der Waals surface area contributed by atoms with E-state index in [-0.39, 0.29) is 18.0 Å². The predicted octanol–water partition coefficient (Wildman–Crippen LogP) is 3.42. The van der Waals surface area contributed by atoms with E-state index in [0.29, 0.717) is 17.8 Å². The Bertz CT molecular complexity index is 1000. The molecule has 0 bridgehead atoms. The maximum atomic E-state index is 13.4. The molecule has 35 heavy (non-hydrogen) atoms.